The Morgan fingerprint density at radius 2 is 1.75 bits per heavy atom. The van der Waals surface area contributed by atoms with E-state index in [1.165, 1.54) is 5.56 Å². The number of methoxy groups -OCH3 is 2. The summed E-state index contributed by atoms with van der Waals surface area (Å²) in [5.74, 6) is 2.30. The Hall–Kier alpha value is -1.22. The molecule has 0 aromatic heterocycles. The summed E-state index contributed by atoms with van der Waals surface area (Å²) in [6, 6.07) is 6.25. The molecule has 2 atom stereocenters. The minimum atomic E-state index is 0.319. The molecule has 0 radical (unpaired) electrons. The molecule has 16 heavy (non-hydrogen) atoms. The van der Waals surface area contributed by atoms with Gasteiger partial charge in [0, 0.05) is 11.6 Å². The zero-order valence-electron chi connectivity index (χ0n) is 9.90. The average Bonchev–Trinajstić information content (AvgIpc) is 2.74. The lowest BCUT2D eigenvalue weighted by molar-refractivity contribution is 0.378. The van der Waals surface area contributed by atoms with Crippen molar-refractivity contribution in [2.24, 2.45) is 5.73 Å². The highest BCUT2D eigenvalue weighted by Gasteiger charge is 2.28. The van der Waals surface area contributed by atoms with Gasteiger partial charge in [-0.2, -0.15) is 0 Å². The third kappa shape index (κ3) is 2.00. The Labute approximate surface area is 96.5 Å². The van der Waals surface area contributed by atoms with Crippen LogP contribution in [0, 0.1) is 0 Å². The first-order valence-electron chi connectivity index (χ1n) is 5.72. The molecule has 1 fully saturated rings. The highest BCUT2D eigenvalue weighted by atomic mass is 16.5. The first-order chi connectivity index (χ1) is 7.76. The van der Waals surface area contributed by atoms with Gasteiger partial charge < -0.3 is 15.2 Å². The van der Waals surface area contributed by atoms with Crippen LogP contribution in [0.5, 0.6) is 11.5 Å². The van der Waals surface area contributed by atoms with Crippen LogP contribution in [0.25, 0.3) is 0 Å². The Balaban J connectivity index is 2.36. The van der Waals surface area contributed by atoms with Crippen LogP contribution < -0.4 is 15.2 Å². The average molecular weight is 221 g/mol. The van der Waals surface area contributed by atoms with Crippen LogP contribution >= 0.6 is 0 Å². The lowest BCUT2D eigenvalue weighted by Gasteiger charge is -2.18. The number of ether oxygens (including phenoxy) is 2. The summed E-state index contributed by atoms with van der Waals surface area (Å²) in [6.07, 6.45) is 3.24. The summed E-state index contributed by atoms with van der Waals surface area (Å²) in [6.45, 7) is 0. The molecule has 0 aliphatic heterocycles. The highest BCUT2D eigenvalue weighted by molar-refractivity contribution is 5.47. The van der Waals surface area contributed by atoms with Crippen molar-refractivity contribution in [1.29, 1.82) is 0 Å². The van der Waals surface area contributed by atoms with Crippen molar-refractivity contribution in [2.75, 3.05) is 14.2 Å². The molecular formula is C13H19NO2. The van der Waals surface area contributed by atoms with Gasteiger partial charge in [-0.05, 0) is 37.3 Å². The van der Waals surface area contributed by atoms with Gasteiger partial charge in [0.05, 0.1) is 14.2 Å². The highest BCUT2D eigenvalue weighted by Crippen LogP contribution is 2.43. The van der Waals surface area contributed by atoms with E-state index in [4.69, 9.17) is 15.2 Å². The van der Waals surface area contributed by atoms with Crippen molar-refractivity contribution >= 4 is 0 Å². The fourth-order valence-corrected chi connectivity index (χ4v) is 2.56. The minimum absolute atomic E-state index is 0.319. The second-order valence-electron chi connectivity index (χ2n) is 4.35. The molecular weight excluding hydrogens is 202 g/mol. The Kier molecular flexibility index (Phi) is 3.34. The second kappa shape index (κ2) is 4.74. The molecule has 1 aliphatic rings. The van der Waals surface area contributed by atoms with Crippen molar-refractivity contribution < 1.29 is 9.47 Å². The second-order valence-corrected chi connectivity index (χ2v) is 4.35. The number of hydrogen-bond acceptors (Lipinski definition) is 3. The van der Waals surface area contributed by atoms with Gasteiger partial charge in [-0.25, -0.2) is 0 Å². The van der Waals surface area contributed by atoms with E-state index >= 15 is 0 Å². The van der Waals surface area contributed by atoms with Gasteiger partial charge >= 0.3 is 0 Å². The van der Waals surface area contributed by atoms with E-state index in [1.807, 2.05) is 18.2 Å². The summed E-state index contributed by atoms with van der Waals surface area (Å²) < 4.78 is 10.8. The number of rotatable bonds is 3. The van der Waals surface area contributed by atoms with E-state index in [0.29, 0.717) is 12.0 Å². The molecule has 3 nitrogen and oxygen atoms in total. The topological polar surface area (TPSA) is 44.5 Å². The molecule has 0 heterocycles. The van der Waals surface area contributed by atoms with Crippen molar-refractivity contribution in [3.8, 4) is 11.5 Å². The smallest absolute Gasteiger partial charge is 0.126 e. The van der Waals surface area contributed by atoms with Gasteiger partial charge in [0.15, 0.2) is 0 Å². The van der Waals surface area contributed by atoms with Crippen molar-refractivity contribution in [2.45, 2.75) is 31.2 Å². The van der Waals surface area contributed by atoms with Crippen LogP contribution in [0.1, 0.15) is 30.7 Å². The molecule has 1 aliphatic carbocycles. The third-order valence-electron chi connectivity index (χ3n) is 3.35. The maximum Gasteiger partial charge on any atom is 0.126 e. The van der Waals surface area contributed by atoms with Crippen molar-refractivity contribution in [3.05, 3.63) is 23.8 Å². The zero-order chi connectivity index (χ0) is 11.5. The van der Waals surface area contributed by atoms with Crippen molar-refractivity contribution in [1.82, 2.24) is 0 Å². The number of benzene rings is 1. The number of nitrogens with two attached hydrogens (primary N) is 1. The Morgan fingerprint density at radius 3 is 2.19 bits per heavy atom. The van der Waals surface area contributed by atoms with Crippen LogP contribution in [-0.4, -0.2) is 20.3 Å². The lowest BCUT2D eigenvalue weighted by Crippen LogP contribution is -2.14. The molecule has 2 N–H and O–H groups in total. The van der Waals surface area contributed by atoms with Gasteiger partial charge in [-0.15, -0.1) is 0 Å². The SMILES string of the molecule is COc1cccc(OC)c1C1CCC(N)C1. The van der Waals surface area contributed by atoms with E-state index in [1.54, 1.807) is 14.2 Å². The molecule has 1 aromatic rings. The number of hydrogen-bond donors (Lipinski definition) is 1. The van der Waals surface area contributed by atoms with Gasteiger partial charge in [0.25, 0.3) is 0 Å². The van der Waals surface area contributed by atoms with Crippen LogP contribution in [0.3, 0.4) is 0 Å². The van der Waals surface area contributed by atoms with Crippen LogP contribution in [0.4, 0.5) is 0 Å². The van der Waals surface area contributed by atoms with Crippen LogP contribution in [0.15, 0.2) is 18.2 Å². The Bertz CT molecular complexity index is 343. The summed E-state index contributed by atoms with van der Waals surface area (Å²) in [5, 5.41) is 0. The predicted molar refractivity (Wildman–Crippen MR) is 64.1 cm³/mol. The quantitative estimate of drug-likeness (QED) is 0.851. The molecule has 0 bridgehead atoms. The lowest BCUT2D eigenvalue weighted by atomic mass is 9.95. The largest absolute Gasteiger partial charge is 0.496 e. The van der Waals surface area contributed by atoms with E-state index in [9.17, 15) is 0 Å². The van der Waals surface area contributed by atoms with Crippen LogP contribution in [0.2, 0.25) is 0 Å². The van der Waals surface area contributed by atoms with Gasteiger partial charge in [0.1, 0.15) is 11.5 Å². The monoisotopic (exact) mass is 221 g/mol. The molecule has 3 heteroatoms. The summed E-state index contributed by atoms with van der Waals surface area (Å²) in [4.78, 5) is 0. The maximum absolute atomic E-state index is 5.96. The maximum atomic E-state index is 5.96. The third-order valence-corrected chi connectivity index (χ3v) is 3.35. The zero-order valence-corrected chi connectivity index (χ0v) is 9.90. The molecule has 0 spiro atoms. The van der Waals surface area contributed by atoms with E-state index in [0.717, 1.165) is 30.8 Å². The molecule has 1 aromatic carbocycles. The molecule has 2 rings (SSSR count). The molecule has 1 saturated carbocycles. The fraction of sp³-hybridized carbons (Fsp3) is 0.538. The Morgan fingerprint density at radius 1 is 1.12 bits per heavy atom. The van der Waals surface area contributed by atoms with Crippen molar-refractivity contribution in [3.63, 3.8) is 0 Å². The minimum Gasteiger partial charge on any atom is -0.496 e. The van der Waals surface area contributed by atoms with Crippen LogP contribution in [-0.2, 0) is 0 Å². The molecule has 88 valence electrons. The fourth-order valence-electron chi connectivity index (χ4n) is 2.56. The standard InChI is InChI=1S/C13H19NO2/c1-15-11-4-3-5-12(16-2)13(11)9-6-7-10(14)8-9/h3-5,9-10H,6-8,14H2,1-2H3. The predicted octanol–water partition coefficient (Wildman–Crippen LogP) is 2.30. The van der Waals surface area contributed by atoms with Gasteiger partial charge in [0.2, 0.25) is 0 Å². The first kappa shape index (κ1) is 11.3. The van der Waals surface area contributed by atoms with E-state index in [-0.39, 0.29) is 0 Å². The summed E-state index contributed by atoms with van der Waals surface area (Å²) in [5.41, 5.74) is 7.14. The van der Waals surface area contributed by atoms with Gasteiger partial charge in [-0.1, -0.05) is 6.07 Å². The molecule has 0 amide bonds. The summed E-state index contributed by atoms with van der Waals surface area (Å²) in [7, 11) is 3.40. The van der Waals surface area contributed by atoms with E-state index in [2.05, 4.69) is 0 Å². The molecule has 2 unspecified atom stereocenters. The van der Waals surface area contributed by atoms with E-state index < -0.39 is 0 Å². The first-order valence-corrected chi connectivity index (χ1v) is 5.72. The van der Waals surface area contributed by atoms with Gasteiger partial charge in [-0.3, -0.25) is 0 Å². The summed E-state index contributed by atoms with van der Waals surface area (Å²) >= 11 is 0. The molecule has 0 saturated heterocycles. The normalized spacial score (nSPS) is 24.4.